The minimum atomic E-state index is -0.555. The Labute approximate surface area is 210 Å². The van der Waals surface area contributed by atoms with Crippen LogP contribution in [0.15, 0.2) is 78.2 Å². The SMILES string of the molecule is CCCCOc1cccc(C2C(C#N)=C(N)Oc3cc(OC(=O)COc4ccc(C)cc4)ccc32)c1. The third-order valence-corrected chi connectivity index (χ3v) is 5.76. The molecule has 0 fully saturated rings. The number of nitrogens with zero attached hydrogens (tertiary/aromatic N) is 1. The highest BCUT2D eigenvalue weighted by atomic mass is 16.6. The molecule has 184 valence electrons. The van der Waals surface area contributed by atoms with Crippen LogP contribution in [0.2, 0.25) is 0 Å². The summed E-state index contributed by atoms with van der Waals surface area (Å²) in [5.74, 6) is 1.03. The lowest BCUT2D eigenvalue weighted by Gasteiger charge is -2.27. The first-order chi connectivity index (χ1) is 17.5. The molecule has 3 aromatic carbocycles. The van der Waals surface area contributed by atoms with Gasteiger partial charge in [-0.05, 0) is 49.2 Å². The van der Waals surface area contributed by atoms with Gasteiger partial charge in [-0.1, -0.05) is 49.2 Å². The maximum absolute atomic E-state index is 12.3. The fourth-order valence-electron chi connectivity index (χ4n) is 3.90. The van der Waals surface area contributed by atoms with E-state index in [-0.39, 0.29) is 18.2 Å². The molecule has 0 radical (unpaired) electrons. The first-order valence-electron chi connectivity index (χ1n) is 11.8. The number of rotatable bonds is 9. The highest BCUT2D eigenvalue weighted by Crippen LogP contribution is 2.44. The van der Waals surface area contributed by atoms with E-state index in [4.69, 9.17) is 24.7 Å². The van der Waals surface area contributed by atoms with Gasteiger partial charge in [-0.2, -0.15) is 5.26 Å². The molecular formula is C29H28N2O5. The van der Waals surface area contributed by atoms with Crippen LogP contribution in [0.1, 0.15) is 42.4 Å². The van der Waals surface area contributed by atoms with Crippen molar-refractivity contribution in [3.05, 3.63) is 94.9 Å². The Balaban J connectivity index is 1.53. The maximum Gasteiger partial charge on any atom is 0.349 e. The number of hydrogen-bond donors (Lipinski definition) is 1. The number of carbonyl (C=O) groups is 1. The second-order valence-electron chi connectivity index (χ2n) is 8.47. The Hall–Kier alpha value is -4.44. The van der Waals surface area contributed by atoms with Crippen LogP contribution >= 0.6 is 0 Å². The highest BCUT2D eigenvalue weighted by molar-refractivity contribution is 5.74. The summed E-state index contributed by atoms with van der Waals surface area (Å²) >= 11 is 0. The van der Waals surface area contributed by atoms with Gasteiger partial charge in [-0.15, -0.1) is 0 Å². The topological polar surface area (TPSA) is 104 Å². The minimum absolute atomic E-state index is 0.0125. The van der Waals surface area contributed by atoms with Crippen LogP contribution in [-0.4, -0.2) is 19.2 Å². The van der Waals surface area contributed by atoms with Crippen molar-refractivity contribution in [1.82, 2.24) is 0 Å². The van der Waals surface area contributed by atoms with Crippen molar-refractivity contribution in [3.63, 3.8) is 0 Å². The fraction of sp³-hybridized carbons (Fsp3) is 0.241. The van der Waals surface area contributed by atoms with Crippen molar-refractivity contribution in [3.8, 4) is 29.1 Å². The summed E-state index contributed by atoms with van der Waals surface area (Å²) in [6, 6.07) is 22.2. The predicted octanol–water partition coefficient (Wildman–Crippen LogP) is 5.38. The summed E-state index contributed by atoms with van der Waals surface area (Å²) in [5.41, 5.74) is 9.12. The van der Waals surface area contributed by atoms with E-state index >= 15 is 0 Å². The van der Waals surface area contributed by atoms with Crippen LogP contribution in [0.25, 0.3) is 0 Å². The molecule has 1 atom stereocenters. The van der Waals surface area contributed by atoms with Gasteiger partial charge in [0, 0.05) is 11.6 Å². The quantitative estimate of drug-likeness (QED) is 0.247. The second kappa shape index (κ2) is 11.3. The molecular weight excluding hydrogens is 456 g/mol. The van der Waals surface area contributed by atoms with Gasteiger partial charge >= 0.3 is 5.97 Å². The van der Waals surface area contributed by atoms with E-state index in [0.717, 1.165) is 35.3 Å². The fourth-order valence-corrected chi connectivity index (χ4v) is 3.90. The van der Waals surface area contributed by atoms with E-state index in [0.29, 0.717) is 23.7 Å². The highest BCUT2D eigenvalue weighted by Gasteiger charge is 2.31. The number of nitrogens with two attached hydrogens (primary N) is 1. The Kier molecular flexibility index (Phi) is 7.76. The third kappa shape index (κ3) is 5.78. The van der Waals surface area contributed by atoms with E-state index < -0.39 is 11.9 Å². The molecule has 2 N–H and O–H groups in total. The zero-order valence-electron chi connectivity index (χ0n) is 20.3. The number of aryl methyl sites for hydroxylation is 1. The number of nitriles is 1. The number of unbranched alkanes of at least 4 members (excludes halogenated alkanes) is 1. The standard InChI is InChI=1S/C29H28N2O5/c1-3-4-14-33-22-7-5-6-20(15-22)28-24-13-12-23(16-26(24)36-29(31)25(28)17-30)35-27(32)18-34-21-10-8-19(2)9-11-21/h5-13,15-16,28H,3-4,14,18,31H2,1-2H3. The van der Waals surface area contributed by atoms with Crippen LogP contribution in [0.3, 0.4) is 0 Å². The van der Waals surface area contributed by atoms with Crippen molar-refractivity contribution in [2.75, 3.05) is 13.2 Å². The smallest absolute Gasteiger partial charge is 0.349 e. The number of allylic oxidation sites excluding steroid dienone is 1. The zero-order chi connectivity index (χ0) is 25.5. The molecule has 3 aromatic rings. The van der Waals surface area contributed by atoms with Gasteiger partial charge in [0.05, 0.1) is 12.5 Å². The van der Waals surface area contributed by atoms with Crippen molar-refractivity contribution < 1.29 is 23.7 Å². The number of hydrogen-bond acceptors (Lipinski definition) is 7. The number of benzene rings is 3. The lowest BCUT2D eigenvalue weighted by Crippen LogP contribution is -2.21. The lowest BCUT2D eigenvalue weighted by atomic mass is 9.83. The largest absolute Gasteiger partial charge is 0.494 e. The molecule has 1 aliphatic heterocycles. The van der Waals surface area contributed by atoms with E-state index in [2.05, 4.69) is 13.0 Å². The van der Waals surface area contributed by atoms with Gasteiger partial charge < -0.3 is 24.7 Å². The Bertz CT molecular complexity index is 1310. The van der Waals surface area contributed by atoms with Crippen molar-refractivity contribution in [1.29, 1.82) is 5.26 Å². The summed E-state index contributed by atoms with van der Waals surface area (Å²) < 4.78 is 22.5. The predicted molar refractivity (Wildman–Crippen MR) is 135 cm³/mol. The molecule has 0 aromatic heterocycles. The van der Waals surface area contributed by atoms with Crippen LogP contribution in [0.4, 0.5) is 0 Å². The Morgan fingerprint density at radius 3 is 2.56 bits per heavy atom. The summed E-state index contributed by atoms with van der Waals surface area (Å²) in [7, 11) is 0. The van der Waals surface area contributed by atoms with Crippen molar-refractivity contribution >= 4 is 5.97 Å². The summed E-state index contributed by atoms with van der Waals surface area (Å²) in [5, 5.41) is 9.82. The number of carbonyl (C=O) groups excluding carboxylic acids is 1. The molecule has 0 amide bonds. The van der Waals surface area contributed by atoms with Gasteiger partial charge in [0.2, 0.25) is 5.88 Å². The lowest BCUT2D eigenvalue weighted by molar-refractivity contribution is -0.136. The Morgan fingerprint density at radius 1 is 1.03 bits per heavy atom. The molecule has 0 saturated carbocycles. The maximum atomic E-state index is 12.3. The van der Waals surface area contributed by atoms with Gasteiger partial charge in [-0.3, -0.25) is 0 Å². The molecule has 0 bridgehead atoms. The van der Waals surface area contributed by atoms with Crippen molar-refractivity contribution in [2.24, 2.45) is 5.73 Å². The molecule has 0 spiro atoms. The molecule has 7 heteroatoms. The van der Waals surface area contributed by atoms with Crippen molar-refractivity contribution in [2.45, 2.75) is 32.6 Å². The Morgan fingerprint density at radius 2 is 1.81 bits per heavy atom. The molecule has 0 aliphatic carbocycles. The normalized spacial score (nSPS) is 14.3. The molecule has 36 heavy (non-hydrogen) atoms. The first kappa shape index (κ1) is 24.7. The van der Waals surface area contributed by atoms with Gasteiger partial charge in [0.15, 0.2) is 6.61 Å². The van der Waals surface area contributed by atoms with Gasteiger partial charge in [0.1, 0.15) is 34.6 Å². The van der Waals surface area contributed by atoms with Gasteiger partial charge in [-0.25, -0.2) is 4.79 Å². The number of fused-ring (bicyclic) bond motifs is 1. The molecule has 1 heterocycles. The second-order valence-corrected chi connectivity index (χ2v) is 8.47. The van der Waals surface area contributed by atoms with Crippen LogP contribution in [-0.2, 0) is 4.79 Å². The van der Waals surface area contributed by atoms with E-state index in [1.807, 2.05) is 43.3 Å². The summed E-state index contributed by atoms with van der Waals surface area (Å²) in [6.45, 7) is 4.46. The zero-order valence-corrected chi connectivity index (χ0v) is 20.3. The van der Waals surface area contributed by atoms with Gasteiger partial charge in [0.25, 0.3) is 0 Å². The molecule has 1 unspecified atom stereocenters. The monoisotopic (exact) mass is 484 g/mol. The molecule has 0 saturated heterocycles. The summed E-state index contributed by atoms with van der Waals surface area (Å²) in [4.78, 5) is 12.3. The number of ether oxygens (including phenoxy) is 4. The number of esters is 1. The average Bonchev–Trinajstić information content (AvgIpc) is 2.88. The average molecular weight is 485 g/mol. The van der Waals surface area contributed by atoms with E-state index in [1.54, 1.807) is 30.3 Å². The van der Waals surface area contributed by atoms with E-state index in [1.165, 1.54) is 0 Å². The third-order valence-electron chi connectivity index (χ3n) is 5.76. The van der Waals surface area contributed by atoms with Crippen LogP contribution in [0, 0.1) is 18.3 Å². The first-order valence-corrected chi connectivity index (χ1v) is 11.8. The molecule has 1 aliphatic rings. The summed E-state index contributed by atoms with van der Waals surface area (Å²) in [6.07, 6.45) is 1.99. The van der Waals surface area contributed by atoms with Crippen LogP contribution < -0.4 is 24.7 Å². The van der Waals surface area contributed by atoms with Crippen LogP contribution in [0.5, 0.6) is 23.0 Å². The molecule has 4 rings (SSSR count). The molecule has 7 nitrogen and oxygen atoms in total. The minimum Gasteiger partial charge on any atom is -0.494 e. The van der Waals surface area contributed by atoms with E-state index in [9.17, 15) is 10.1 Å².